The number of rotatable bonds is 4. The molecular weight excluding hydrogens is 280 g/mol. The smallest absolute Gasteiger partial charge is 0.241 e. The van der Waals surface area contributed by atoms with E-state index in [2.05, 4.69) is 5.32 Å². The minimum absolute atomic E-state index is 0.0116. The van der Waals surface area contributed by atoms with Crippen LogP contribution in [0.5, 0.6) is 0 Å². The summed E-state index contributed by atoms with van der Waals surface area (Å²) in [6.45, 7) is 2.16. The van der Waals surface area contributed by atoms with Gasteiger partial charge >= 0.3 is 0 Å². The highest BCUT2D eigenvalue weighted by Crippen LogP contribution is 2.26. The number of carbonyl (C=O) groups is 2. The van der Waals surface area contributed by atoms with Crippen molar-refractivity contribution in [1.29, 1.82) is 0 Å². The number of nitrogens with zero attached hydrogens (tertiary/aromatic N) is 1. The molecular formula is C13H14N2O2S2. The Morgan fingerprint density at radius 1 is 1.42 bits per heavy atom. The van der Waals surface area contributed by atoms with Crippen LogP contribution in [-0.4, -0.2) is 32.8 Å². The van der Waals surface area contributed by atoms with E-state index in [0.717, 1.165) is 5.69 Å². The van der Waals surface area contributed by atoms with E-state index in [4.69, 9.17) is 12.2 Å². The average Bonchev–Trinajstić information content (AvgIpc) is 2.62. The molecule has 1 N–H and O–H groups in total. The number of thiocarbonyl (C=S) groups is 1. The van der Waals surface area contributed by atoms with Crippen LogP contribution < -0.4 is 5.32 Å². The van der Waals surface area contributed by atoms with Crippen molar-refractivity contribution in [2.24, 2.45) is 0 Å². The molecule has 1 unspecified atom stereocenters. The second-order valence-electron chi connectivity index (χ2n) is 4.18. The van der Waals surface area contributed by atoms with Gasteiger partial charge in [-0.2, -0.15) is 0 Å². The minimum Gasteiger partial charge on any atom is -0.326 e. The van der Waals surface area contributed by atoms with Gasteiger partial charge in [-0.15, -0.1) is 0 Å². The molecule has 19 heavy (non-hydrogen) atoms. The summed E-state index contributed by atoms with van der Waals surface area (Å²) in [6.07, 6.45) is 0.244. The first-order valence-corrected chi connectivity index (χ1v) is 7.23. The van der Waals surface area contributed by atoms with Crippen molar-refractivity contribution in [3.05, 3.63) is 30.3 Å². The highest BCUT2D eigenvalue weighted by Gasteiger charge is 2.33. The largest absolute Gasteiger partial charge is 0.326 e. The maximum Gasteiger partial charge on any atom is 0.241 e. The van der Waals surface area contributed by atoms with Crippen molar-refractivity contribution in [3.63, 3.8) is 0 Å². The van der Waals surface area contributed by atoms with Crippen LogP contribution in [0, 0.1) is 0 Å². The normalized spacial score (nSPS) is 18.8. The molecule has 0 radical (unpaired) electrons. The van der Waals surface area contributed by atoms with Gasteiger partial charge in [-0.05, 0) is 19.1 Å². The summed E-state index contributed by atoms with van der Waals surface area (Å²) >= 11 is 6.48. The van der Waals surface area contributed by atoms with Crippen molar-refractivity contribution >= 4 is 45.8 Å². The minimum atomic E-state index is -0.135. The lowest BCUT2D eigenvalue weighted by Gasteiger charge is -2.14. The summed E-state index contributed by atoms with van der Waals surface area (Å²) in [4.78, 5) is 25.0. The molecule has 1 aliphatic heterocycles. The predicted octanol–water partition coefficient (Wildman–Crippen LogP) is 2.26. The van der Waals surface area contributed by atoms with Gasteiger partial charge in [-0.25, -0.2) is 0 Å². The van der Waals surface area contributed by atoms with Crippen LogP contribution in [0.2, 0.25) is 0 Å². The molecule has 0 aromatic heterocycles. The van der Waals surface area contributed by atoms with Crippen LogP contribution in [0.4, 0.5) is 5.69 Å². The van der Waals surface area contributed by atoms with Crippen LogP contribution >= 0.6 is 24.0 Å². The second-order valence-corrected chi connectivity index (χ2v) is 6.15. The average molecular weight is 294 g/mol. The van der Waals surface area contributed by atoms with E-state index in [1.54, 1.807) is 0 Å². The molecule has 1 aromatic rings. The summed E-state index contributed by atoms with van der Waals surface area (Å²) in [5.74, 6) is -0.131. The number of hydrogen-bond donors (Lipinski definition) is 1. The lowest BCUT2D eigenvalue weighted by Crippen LogP contribution is -2.33. The molecule has 1 aliphatic rings. The monoisotopic (exact) mass is 294 g/mol. The zero-order chi connectivity index (χ0) is 13.8. The van der Waals surface area contributed by atoms with Crippen molar-refractivity contribution in [1.82, 2.24) is 4.90 Å². The summed E-state index contributed by atoms with van der Waals surface area (Å²) in [6, 6.07) is 9.23. The van der Waals surface area contributed by atoms with E-state index >= 15 is 0 Å². The Morgan fingerprint density at radius 2 is 2.11 bits per heavy atom. The molecule has 100 valence electrons. The van der Waals surface area contributed by atoms with Gasteiger partial charge in [0.25, 0.3) is 0 Å². The third kappa shape index (κ3) is 3.54. The molecule has 2 rings (SSSR count). The predicted molar refractivity (Wildman–Crippen MR) is 81.1 cm³/mol. The Kier molecular flexibility index (Phi) is 4.55. The molecule has 1 heterocycles. The van der Waals surface area contributed by atoms with Crippen LogP contribution in [-0.2, 0) is 9.59 Å². The van der Waals surface area contributed by atoms with E-state index in [1.807, 2.05) is 37.3 Å². The van der Waals surface area contributed by atoms with Gasteiger partial charge < -0.3 is 5.32 Å². The van der Waals surface area contributed by atoms with Gasteiger partial charge in [0.1, 0.15) is 4.32 Å². The molecule has 2 amide bonds. The fourth-order valence-electron chi connectivity index (χ4n) is 1.73. The number of para-hydroxylation sites is 1. The molecule has 1 aromatic carbocycles. The summed E-state index contributed by atoms with van der Waals surface area (Å²) in [5, 5.41) is 2.65. The summed E-state index contributed by atoms with van der Waals surface area (Å²) < 4.78 is 0.560. The molecule has 0 spiro atoms. The lowest BCUT2D eigenvalue weighted by atomic mass is 10.3. The molecule has 6 heteroatoms. The summed E-state index contributed by atoms with van der Waals surface area (Å²) in [5.41, 5.74) is 0.755. The van der Waals surface area contributed by atoms with Gasteiger partial charge in [-0.1, -0.05) is 42.2 Å². The van der Waals surface area contributed by atoms with Crippen LogP contribution in [0.15, 0.2) is 30.3 Å². The van der Waals surface area contributed by atoms with E-state index in [1.165, 1.54) is 16.7 Å². The Balaban J connectivity index is 1.84. The van der Waals surface area contributed by atoms with Crippen molar-refractivity contribution < 1.29 is 9.59 Å². The third-order valence-electron chi connectivity index (χ3n) is 2.73. The van der Waals surface area contributed by atoms with E-state index < -0.39 is 0 Å². The highest BCUT2D eigenvalue weighted by molar-refractivity contribution is 8.24. The number of thioether (sulfide) groups is 1. The van der Waals surface area contributed by atoms with Gasteiger partial charge in [0, 0.05) is 18.7 Å². The first-order chi connectivity index (χ1) is 9.08. The Hall–Kier alpha value is -1.40. The number of carbonyl (C=O) groups excluding carboxylic acids is 2. The molecule has 1 saturated heterocycles. The van der Waals surface area contributed by atoms with Gasteiger partial charge in [-0.3, -0.25) is 14.5 Å². The Morgan fingerprint density at radius 3 is 2.68 bits per heavy atom. The fourth-order valence-corrected chi connectivity index (χ4v) is 3.19. The zero-order valence-electron chi connectivity index (χ0n) is 10.5. The first-order valence-electron chi connectivity index (χ1n) is 5.95. The topological polar surface area (TPSA) is 49.4 Å². The van der Waals surface area contributed by atoms with E-state index in [0.29, 0.717) is 10.9 Å². The number of benzene rings is 1. The molecule has 4 nitrogen and oxygen atoms in total. The van der Waals surface area contributed by atoms with Crippen LogP contribution in [0.3, 0.4) is 0 Å². The maximum absolute atomic E-state index is 11.8. The van der Waals surface area contributed by atoms with Crippen molar-refractivity contribution in [2.75, 3.05) is 11.9 Å². The SMILES string of the molecule is CC1SC(=S)N(CCC(=O)Nc2ccccc2)C1=O. The molecule has 0 aliphatic carbocycles. The quantitative estimate of drug-likeness (QED) is 0.866. The molecule has 1 atom stereocenters. The third-order valence-corrected chi connectivity index (χ3v) is 4.22. The van der Waals surface area contributed by atoms with Crippen molar-refractivity contribution in [2.45, 2.75) is 18.6 Å². The second kappa shape index (κ2) is 6.16. The number of amides is 2. The molecule has 0 saturated carbocycles. The van der Waals surface area contributed by atoms with E-state index in [-0.39, 0.29) is 23.5 Å². The summed E-state index contributed by atoms with van der Waals surface area (Å²) in [7, 11) is 0. The molecule has 1 fully saturated rings. The Labute approximate surface area is 121 Å². The van der Waals surface area contributed by atoms with E-state index in [9.17, 15) is 9.59 Å². The van der Waals surface area contributed by atoms with Crippen LogP contribution in [0.25, 0.3) is 0 Å². The van der Waals surface area contributed by atoms with Crippen molar-refractivity contribution in [3.8, 4) is 0 Å². The van der Waals surface area contributed by atoms with Crippen LogP contribution in [0.1, 0.15) is 13.3 Å². The number of nitrogens with one attached hydrogen (secondary N) is 1. The van der Waals surface area contributed by atoms with Gasteiger partial charge in [0.15, 0.2) is 0 Å². The fraction of sp³-hybridized carbons (Fsp3) is 0.308. The maximum atomic E-state index is 11.8. The first kappa shape index (κ1) is 14.0. The van der Waals surface area contributed by atoms with Gasteiger partial charge in [0.05, 0.1) is 5.25 Å². The number of anilines is 1. The lowest BCUT2D eigenvalue weighted by molar-refractivity contribution is -0.126. The standard InChI is InChI=1S/C13H14N2O2S2/c1-9-12(17)15(13(18)19-9)8-7-11(16)14-10-5-3-2-4-6-10/h2-6,9H,7-8H2,1H3,(H,14,16). The number of hydrogen-bond acceptors (Lipinski definition) is 4. The Bertz CT molecular complexity index is 505. The highest BCUT2D eigenvalue weighted by atomic mass is 32.2. The molecule has 0 bridgehead atoms. The zero-order valence-corrected chi connectivity index (χ0v) is 12.1. The van der Waals surface area contributed by atoms with Gasteiger partial charge in [0.2, 0.25) is 11.8 Å².